The van der Waals surface area contributed by atoms with E-state index in [9.17, 15) is 4.79 Å². The first kappa shape index (κ1) is 12.8. The Kier molecular flexibility index (Phi) is 3.40. The third-order valence-corrected chi connectivity index (χ3v) is 4.15. The minimum atomic E-state index is 0.0717. The summed E-state index contributed by atoms with van der Waals surface area (Å²) in [5.41, 5.74) is 0.769. The molecule has 1 aromatic heterocycles. The van der Waals surface area contributed by atoms with Crippen LogP contribution < -0.4 is 0 Å². The second-order valence-corrected chi connectivity index (χ2v) is 6.43. The molecule has 1 heterocycles. The summed E-state index contributed by atoms with van der Waals surface area (Å²) < 4.78 is 3.07. The second-order valence-electron chi connectivity index (χ2n) is 5.52. The zero-order valence-corrected chi connectivity index (χ0v) is 12.4. The van der Waals surface area contributed by atoms with Crippen molar-refractivity contribution in [1.29, 1.82) is 0 Å². The van der Waals surface area contributed by atoms with E-state index in [2.05, 4.69) is 26.4 Å². The van der Waals surface area contributed by atoms with Gasteiger partial charge in [0.15, 0.2) is 0 Å². The lowest BCUT2D eigenvalue weighted by molar-refractivity contribution is 0.0758. The molecule has 3 rings (SSSR count). The molecule has 0 atom stereocenters. The van der Waals surface area contributed by atoms with Gasteiger partial charge in [0, 0.05) is 23.3 Å². The van der Waals surface area contributed by atoms with Gasteiger partial charge in [-0.3, -0.25) is 4.79 Å². The van der Waals surface area contributed by atoms with E-state index in [1.165, 1.54) is 25.7 Å². The molecular weight excluding hydrogens is 304 g/mol. The number of rotatable bonds is 5. The highest BCUT2D eigenvalue weighted by molar-refractivity contribution is 9.10. The Morgan fingerprint density at radius 1 is 1.47 bits per heavy atom. The zero-order valence-electron chi connectivity index (χ0n) is 10.8. The van der Waals surface area contributed by atoms with Gasteiger partial charge in [0.1, 0.15) is 5.69 Å². The van der Waals surface area contributed by atoms with Gasteiger partial charge in [-0.1, -0.05) is 5.92 Å². The summed E-state index contributed by atoms with van der Waals surface area (Å²) >= 11 is 3.47. The molecule has 0 spiro atoms. The van der Waals surface area contributed by atoms with E-state index in [0.29, 0.717) is 18.5 Å². The van der Waals surface area contributed by atoms with E-state index in [-0.39, 0.29) is 5.91 Å². The van der Waals surface area contributed by atoms with Gasteiger partial charge in [-0.05, 0) is 53.6 Å². The Bertz CT molecular complexity index is 535. The predicted octanol–water partition coefficient (Wildman–Crippen LogP) is 3.07. The Morgan fingerprint density at radius 2 is 2.21 bits per heavy atom. The molecule has 100 valence electrons. The standard InChI is InChI=1S/C15H17BrN2O/c1-2-7-17(9-11-3-4-11)15(19)14-8-12(16)10-18(14)13-5-6-13/h1,8,10-11,13H,3-7,9H2. The number of carbonyl (C=O) groups excluding carboxylic acids is 1. The molecule has 2 fully saturated rings. The van der Waals surface area contributed by atoms with Crippen LogP contribution in [0.4, 0.5) is 0 Å². The lowest BCUT2D eigenvalue weighted by Crippen LogP contribution is -2.34. The molecule has 0 unspecified atom stereocenters. The van der Waals surface area contributed by atoms with Crippen LogP contribution in [0.3, 0.4) is 0 Å². The van der Waals surface area contributed by atoms with Crippen molar-refractivity contribution in [2.75, 3.05) is 13.1 Å². The summed E-state index contributed by atoms with van der Waals surface area (Å²) in [6.45, 7) is 1.21. The molecule has 0 radical (unpaired) electrons. The number of nitrogens with zero attached hydrogens (tertiary/aromatic N) is 2. The van der Waals surface area contributed by atoms with Crippen molar-refractivity contribution in [3.63, 3.8) is 0 Å². The largest absolute Gasteiger partial charge is 0.339 e. The molecule has 2 aliphatic carbocycles. The number of terminal acetylenes is 1. The summed E-state index contributed by atoms with van der Waals surface area (Å²) in [7, 11) is 0. The first-order valence-electron chi connectivity index (χ1n) is 6.79. The first-order chi connectivity index (χ1) is 9.19. The van der Waals surface area contributed by atoms with Crippen molar-refractivity contribution < 1.29 is 4.79 Å². The van der Waals surface area contributed by atoms with Gasteiger partial charge in [0.05, 0.1) is 6.54 Å². The van der Waals surface area contributed by atoms with E-state index < -0.39 is 0 Å². The van der Waals surface area contributed by atoms with Crippen LogP contribution in [0.2, 0.25) is 0 Å². The van der Waals surface area contributed by atoms with Crippen LogP contribution in [0, 0.1) is 18.3 Å². The van der Waals surface area contributed by atoms with Gasteiger partial charge in [-0.25, -0.2) is 0 Å². The Hall–Kier alpha value is -1.21. The van der Waals surface area contributed by atoms with Gasteiger partial charge in [0.25, 0.3) is 5.91 Å². The molecule has 0 bridgehead atoms. The summed E-state index contributed by atoms with van der Waals surface area (Å²) in [6.07, 6.45) is 12.2. The number of hydrogen-bond donors (Lipinski definition) is 0. The maximum absolute atomic E-state index is 12.7. The Balaban J connectivity index is 1.82. The monoisotopic (exact) mass is 320 g/mol. The molecule has 3 nitrogen and oxygen atoms in total. The fourth-order valence-electron chi connectivity index (χ4n) is 2.38. The van der Waals surface area contributed by atoms with Crippen LogP contribution in [0.25, 0.3) is 0 Å². The van der Waals surface area contributed by atoms with Crippen LogP contribution in [0.15, 0.2) is 16.7 Å². The summed E-state index contributed by atoms with van der Waals surface area (Å²) in [5, 5.41) is 0. The highest BCUT2D eigenvalue weighted by atomic mass is 79.9. The number of hydrogen-bond acceptors (Lipinski definition) is 1. The normalized spacial score (nSPS) is 18.1. The van der Waals surface area contributed by atoms with E-state index >= 15 is 0 Å². The third-order valence-electron chi connectivity index (χ3n) is 3.72. The lowest BCUT2D eigenvalue weighted by Gasteiger charge is -2.21. The predicted molar refractivity (Wildman–Crippen MR) is 77.9 cm³/mol. The molecular formula is C15H17BrN2O. The van der Waals surface area contributed by atoms with Crippen LogP contribution in [-0.2, 0) is 0 Å². The molecule has 1 aromatic rings. The molecule has 0 aromatic carbocycles. The smallest absolute Gasteiger partial charge is 0.271 e. The summed E-state index contributed by atoms with van der Waals surface area (Å²) in [4.78, 5) is 14.5. The number of halogens is 1. The fraction of sp³-hybridized carbons (Fsp3) is 0.533. The maximum Gasteiger partial charge on any atom is 0.271 e. The molecule has 0 N–H and O–H groups in total. The van der Waals surface area contributed by atoms with Crippen LogP contribution in [0.1, 0.15) is 42.2 Å². The van der Waals surface area contributed by atoms with Gasteiger partial charge < -0.3 is 9.47 Å². The van der Waals surface area contributed by atoms with Crippen molar-refractivity contribution in [3.05, 3.63) is 22.4 Å². The fourth-order valence-corrected chi connectivity index (χ4v) is 2.81. The van der Waals surface area contributed by atoms with Crippen molar-refractivity contribution in [1.82, 2.24) is 9.47 Å². The van der Waals surface area contributed by atoms with Gasteiger partial charge in [-0.15, -0.1) is 6.42 Å². The lowest BCUT2D eigenvalue weighted by atomic mass is 10.3. The van der Waals surface area contributed by atoms with E-state index in [0.717, 1.165) is 16.7 Å². The average molecular weight is 321 g/mol. The SMILES string of the molecule is C#CCN(CC1CC1)C(=O)c1cc(Br)cn1C1CC1. The van der Waals surface area contributed by atoms with Crippen LogP contribution in [0.5, 0.6) is 0 Å². The van der Waals surface area contributed by atoms with Crippen molar-refractivity contribution >= 4 is 21.8 Å². The van der Waals surface area contributed by atoms with Crippen LogP contribution >= 0.6 is 15.9 Å². The van der Waals surface area contributed by atoms with Gasteiger partial charge in [-0.2, -0.15) is 0 Å². The zero-order chi connectivity index (χ0) is 13.4. The van der Waals surface area contributed by atoms with Crippen LogP contribution in [-0.4, -0.2) is 28.5 Å². The number of amides is 1. The minimum Gasteiger partial charge on any atom is -0.339 e. The molecule has 2 aliphatic rings. The molecule has 2 saturated carbocycles. The quantitative estimate of drug-likeness (QED) is 0.765. The molecule has 4 heteroatoms. The van der Waals surface area contributed by atoms with E-state index in [4.69, 9.17) is 6.42 Å². The van der Waals surface area contributed by atoms with E-state index in [1.807, 2.05) is 17.2 Å². The molecule has 0 aliphatic heterocycles. The highest BCUT2D eigenvalue weighted by Crippen LogP contribution is 2.38. The Labute approximate surface area is 122 Å². The van der Waals surface area contributed by atoms with Gasteiger partial charge in [0.2, 0.25) is 0 Å². The first-order valence-corrected chi connectivity index (χ1v) is 7.58. The van der Waals surface area contributed by atoms with Crippen molar-refractivity contribution in [2.45, 2.75) is 31.7 Å². The molecule has 1 amide bonds. The van der Waals surface area contributed by atoms with Gasteiger partial charge >= 0.3 is 0 Å². The molecule has 0 saturated heterocycles. The van der Waals surface area contributed by atoms with E-state index in [1.54, 1.807) is 0 Å². The third kappa shape index (κ3) is 2.87. The highest BCUT2D eigenvalue weighted by Gasteiger charge is 2.31. The minimum absolute atomic E-state index is 0.0717. The van der Waals surface area contributed by atoms with Crippen molar-refractivity contribution in [2.24, 2.45) is 5.92 Å². The second kappa shape index (κ2) is 5.05. The number of carbonyl (C=O) groups is 1. The number of aromatic nitrogens is 1. The van der Waals surface area contributed by atoms with Crippen molar-refractivity contribution in [3.8, 4) is 12.3 Å². The maximum atomic E-state index is 12.7. The topological polar surface area (TPSA) is 25.2 Å². The molecule has 19 heavy (non-hydrogen) atoms. The average Bonchev–Trinajstić information content (AvgIpc) is 3.28. The summed E-state index contributed by atoms with van der Waals surface area (Å²) in [6, 6.07) is 2.41. The Morgan fingerprint density at radius 3 is 2.79 bits per heavy atom. The summed E-state index contributed by atoms with van der Waals surface area (Å²) in [5.74, 6) is 3.34.